The largest absolute Gasteiger partial charge is 0.497 e. The topological polar surface area (TPSA) is 50.7 Å². The average molecular weight is 334 g/mol. The summed E-state index contributed by atoms with van der Waals surface area (Å²) in [5.41, 5.74) is 1.04. The molecule has 0 unspecified atom stereocenters. The minimum absolute atomic E-state index is 0.285. The van der Waals surface area contributed by atoms with Crippen molar-refractivity contribution < 1.29 is 14.6 Å². The van der Waals surface area contributed by atoms with Gasteiger partial charge < -0.3 is 19.9 Å². The number of rotatable bonds is 9. The van der Waals surface area contributed by atoms with Crippen LogP contribution in [0, 0.1) is 5.92 Å². The molecule has 1 aliphatic rings. The summed E-state index contributed by atoms with van der Waals surface area (Å²) in [4.78, 5) is 0. The summed E-state index contributed by atoms with van der Waals surface area (Å²) < 4.78 is 10.0. The number of aliphatic hydroxyl groups is 1. The maximum absolute atomic E-state index is 9.80. The number of nitrogens with one attached hydrogen (secondary N) is 1. The molecule has 0 heterocycles. The Bertz CT molecular complexity index is 439. The van der Waals surface area contributed by atoms with Crippen molar-refractivity contribution in [3.63, 3.8) is 0 Å². The van der Waals surface area contributed by atoms with Crippen LogP contribution in [0.2, 0.25) is 0 Å². The number of methoxy groups -OCH3 is 1. The molecule has 0 amide bonds. The molecule has 1 aromatic rings. The number of aliphatic hydroxyl groups excluding tert-OH is 1. The predicted molar refractivity (Wildman–Crippen MR) is 84.1 cm³/mol. The van der Waals surface area contributed by atoms with Crippen LogP contribution in [-0.4, -0.2) is 42.4 Å². The molecule has 21 heavy (non-hydrogen) atoms. The molecule has 0 bridgehead atoms. The standard InChI is InChI=1S/C15H21Cl2NO3/c1-20-14-4-2-11(3-5-14)9-21-10-13(19)8-18-7-12-6-15(12,16)17/h2-5,12-13,18-19H,6-10H2,1H3/t12-,13-/m0/s1. The van der Waals surface area contributed by atoms with Crippen LogP contribution >= 0.6 is 23.2 Å². The highest BCUT2D eigenvalue weighted by molar-refractivity contribution is 6.50. The summed E-state index contributed by atoms with van der Waals surface area (Å²) in [6, 6.07) is 7.65. The van der Waals surface area contributed by atoms with Gasteiger partial charge in [0.05, 0.1) is 26.4 Å². The van der Waals surface area contributed by atoms with E-state index < -0.39 is 10.4 Å². The van der Waals surface area contributed by atoms with Gasteiger partial charge in [-0.15, -0.1) is 23.2 Å². The van der Waals surface area contributed by atoms with Gasteiger partial charge in [0, 0.05) is 19.0 Å². The van der Waals surface area contributed by atoms with Crippen LogP contribution in [0.1, 0.15) is 12.0 Å². The normalized spacial score (nSPS) is 21.0. The van der Waals surface area contributed by atoms with E-state index >= 15 is 0 Å². The fourth-order valence-corrected chi connectivity index (χ4v) is 2.54. The predicted octanol–water partition coefficient (Wildman–Crippen LogP) is 2.36. The molecular formula is C15H21Cl2NO3. The number of hydrogen-bond acceptors (Lipinski definition) is 4. The van der Waals surface area contributed by atoms with Crippen molar-refractivity contribution in [1.29, 1.82) is 0 Å². The van der Waals surface area contributed by atoms with Crippen molar-refractivity contribution in [2.75, 3.05) is 26.8 Å². The maximum atomic E-state index is 9.80. The van der Waals surface area contributed by atoms with Crippen LogP contribution in [0.3, 0.4) is 0 Å². The highest BCUT2D eigenvalue weighted by Crippen LogP contribution is 2.52. The molecule has 1 fully saturated rings. The Balaban J connectivity index is 1.55. The van der Waals surface area contributed by atoms with Crippen LogP contribution in [0.25, 0.3) is 0 Å². The zero-order chi connectivity index (χ0) is 15.3. The van der Waals surface area contributed by atoms with Gasteiger partial charge in [0.1, 0.15) is 10.1 Å². The van der Waals surface area contributed by atoms with Gasteiger partial charge in [-0.3, -0.25) is 0 Å². The van der Waals surface area contributed by atoms with Gasteiger partial charge in [0.2, 0.25) is 0 Å². The Kier molecular flexibility index (Phi) is 6.14. The third-order valence-corrected chi connectivity index (χ3v) is 4.39. The van der Waals surface area contributed by atoms with Crippen molar-refractivity contribution in [2.24, 2.45) is 5.92 Å². The average Bonchev–Trinajstić information content (AvgIpc) is 3.07. The van der Waals surface area contributed by atoms with Crippen molar-refractivity contribution in [3.8, 4) is 5.75 Å². The molecule has 2 N–H and O–H groups in total. The summed E-state index contributed by atoms with van der Waals surface area (Å²) >= 11 is 11.8. The van der Waals surface area contributed by atoms with E-state index in [4.69, 9.17) is 32.7 Å². The Morgan fingerprint density at radius 1 is 1.38 bits per heavy atom. The lowest BCUT2D eigenvalue weighted by molar-refractivity contribution is 0.0288. The molecule has 0 aromatic heterocycles. The molecule has 1 saturated carbocycles. The number of benzene rings is 1. The highest BCUT2D eigenvalue weighted by Gasteiger charge is 2.50. The summed E-state index contributed by atoms with van der Waals surface area (Å²) in [5.74, 6) is 1.10. The molecule has 1 aromatic carbocycles. The first-order chi connectivity index (χ1) is 10.0. The molecule has 118 valence electrons. The molecule has 0 saturated heterocycles. The SMILES string of the molecule is COc1ccc(COC[C@@H](O)CNC[C@@H]2CC2(Cl)Cl)cc1. The molecule has 2 rings (SSSR count). The molecular weight excluding hydrogens is 313 g/mol. The van der Waals surface area contributed by atoms with Gasteiger partial charge in [-0.2, -0.15) is 0 Å². The second kappa shape index (κ2) is 7.65. The van der Waals surface area contributed by atoms with E-state index in [2.05, 4.69) is 5.32 Å². The van der Waals surface area contributed by atoms with Crippen LogP contribution in [0.5, 0.6) is 5.75 Å². The zero-order valence-electron chi connectivity index (χ0n) is 12.0. The fraction of sp³-hybridized carbons (Fsp3) is 0.600. The van der Waals surface area contributed by atoms with Crippen LogP contribution in [0.15, 0.2) is 24.3 Å². The summed E-state index contributed by atoms with van der Waals surface area (Å²) in [6.07, 6.45) is 0.273. The lowest BCUT2D eigenvalue weighted by Crippen LogP contribution is -2.32. The Labute approximate surface area is 135 Å². The zero-order valence-corrected chi connectivity index (χ0v) is 13.5. The second-order valence-electron chi connectivity index (χ2n) is 5.34. The third kappa shape index (κ3) is 5.64. The highest BCUT2D eigenvalue weighted by atomic mass is 35.5. The molecule has 2 atom stereocenters. The van der Waals surface area contributed by atoms with Gasteiger partial charge in [0.15, 0.2) is 0 Å². The van der Waals surface area contributed by atoms with E-state index in [1.54, 1.807) is 7.11 Å². The van der Waals surface area contributed by atoms with Crippen molar-refractivity contribution >= 4 is 23.2 Å². The van der Waals surface area contributed by atoms with Crippen molar-refractivity contribution in [1.82, 2.24) is 5.32 Å². The Morgan fingerprint density at radius 2 is 2.05 bits per heavy atom. The number of alkyl halides is 2. The van der Waals surface area contributed by atoms with Gasteiger partial charge in [-0.05, 0) is 24.1 Å². The van der Waals surface area contributed by atoms with Crippen LogP contribution < -0.4 is 10.1 Å². The summed E-state index contributed by atoms with van der Waals surface area (Å²) in [7, 11) is 1.63. The van der Waals surface area contributed by atoms with E-state index in [1.807, 2.05) is 24.3 Å². The first kappa shape index (κ1) is 16.8. The summed E-state index contributed by atoms with van der Waals surface area (Å²) in [6.45, 7) is 1.96. The van der Waals surface area contributed by atoms with E-state index in [9.17, 15) is 5.11 Å². The monoisotopic (exact) mass is 333 g/mol. The molecule has 4 nitrogen and oxygen atoms in total. The van der Waals surface area contributed by atoms with Gasteiger partial charge >= 0.3 is 0 Å². The van der Waals surface area contributed by atoms with Crippen molar-refractivity contribution in [3.05, 3.63) is 29.8 Å². The smallest absolute Gasteiger partial charge is 0.122 e. The quantitative estimate of drug-likeness (QED) is 0.681. The van der Waals surface area contributed by atoms with Crippen LogP contribution in [-0.2, 0) is 11.3 Å². The molecule has 0 spiro atoms. The lowest BCUT2D eigenvalue weighted by Gasteiger charge is -2.12. The minimum atomic E-state index is -0.567. The molecule has 0 radical (unpaired) electrons. The van der Waals surface area contributed by atoms with Crippen molar-refractivity contribution in [2.45, 2.75) is 23.5 Å². The molecule has 6 heteroatoms. The van der Waals surface area contributed by atoms with Gasteiger partial charge in [0.25, 0.3) is 0 Å². The number of hydrogen-bond donors (Lipinski definition) is 2. The Morgan fingerprint density at radius 3 is 2.62 bits per heavy atom. The Hall–Kier alpha value is -0.520. The summed E-state index contributed by atoms with van der Waals surface area (Å²) in [5, 5.41) is 13.0. The lowest BCUT2D eigenvalue weighted by atomic mass is 10.2. The van der Waals surface area contributed by atoms with E-state index in [1.165, 1.54) is 0 Å². The number of halogens is 2. The maximum Gasteiger partial charge on any atom is 0.122 e. The fourth-order valence-electron chi connectivity index (χ4n) is 2.01. The van der Waals surface area contributed by atoms with Gasteiger partial charge in [-0.1, -0.05) is 12.1 Å². The number of ether oxygens (including phenoxy) is 2. The first-order valence-electron chi connectivity index (χ1n) is 6.98. The second-order valence-corrected chi connectivity index (χ2v) is 6.88. The van der Waals surface area contributed by atoms with E-state index in [0.717, 1.165) is 24.3 Å². The van der Waals surface area contributed by atoms with E-state index in [0.29, 0.717) is 13.2 Å². The molecule has 0 aliphatic heterocycles. The van der Waals surface area contributed by atoms with Crippen LogP contribution in [0.4, 0.5) is 0 Å². The third-order valence-electron chi connectivity index (χ3n) is 3.46. The first-order valence-corrected chi connectivity index (χ1v) is 7.74. The minimum Gasteiger partial charge on any atom is -0.497 e. The van der Waals surface area contributed by atoms with Gasteiger partial charge in [-0.25, -0.2) is 0 Å². The van der Waals surface area contributed by atoms with E-state index in [-0.39, 0.29) is 12.5 Å². The molecule has 1 aliphatic carbocycles.